The highest BCUT2D eigenvalue weighted by Crippen LogP contribution is 2.27. The Morgan fingerprint density at radius 3 is 2.90 bits per heavy atom. The summed E-state index contributed by atoms with van der Waals surface area (Å²) in [5, 5.41) is 8.64. The van der Waals surface area contributed by atoms with Crippen molar-refractivity contribution in [2.24, 2.45) is 7.05 Å². The molecule has 0 saturated heterocycles. The van der Waals surface area contributed by atoms with E-state index in [0.717, 1.165) is 35.4 Å². The van der Waals surface area contributed by atoms with Crippen LogP contribution in [0.4, 0.5) is 11.4 Å². The lowest BCUT2D eigenvalue weighted by molar-refractivity contribution is 0.742. The standard InChI is InChI=1S/C14H16N6/c1-20-9-18-13(19-20)6-7-16-14-10-4-2-3-5-12(10)17-8-11(14)15/h2-5,8-9H,6-7,15H2,1H3,(H,16,17). The van der Waals surface area contributed by atoms with Crippen LogP contribution in [-0.4, -0.2) is 26.3 Å². The summed E-state index contributed by atoms with van der Waals surface area (Å²) in [6.45, 7) is 0.724. The number of pyridine rings is 1. The zero-order valence-corrected chi connectivity index (χ0v) is 11.2. The molecule has 3 aromatic rings. The highest BCUT2D eigenvalue weighted by molar-refractivity contribution is 5.96. The number of fused-ring (bicyclic) bond motifs is 1. The van der Waals surface area contributed by atoms with Gasteiger partial charge < -0.3 is 11.1 Å². The molecule has 0 amide bonds. The van der Waals surface area contributed by atoms with Gasteiger partial charge in [0.15, 0.2) is 5.82 Å². The van der Waals surface area contributed by atoms with E-state index in [1.165, 1.54) is 0 Å². The highest BCUT2D eigenvalue weighted by atomic mass is 15.3. The highest BCUT2D eigenvalue weighted by Gasteiger charge is 2.06. The molecule has 3 N–H and O–H groups in total. The number of aryl methyl sites for hydroxylation is 1. The fourth-order valence-corrected chi connectivity index (χ4v) is 2.15. The third-order valence-corrected chi connectivity index (χ3v) is 3.10. The molecular weight excluding hydrogens is 252 g/mol. The predicted molar refractivity (Wildman–Crippen MR) is 79.4 cm³/mol. The molecule has 0 unspecified atom stereocenters. The number of rotatable bonds is 4. The average Bonchev–Trinajstić information content (AvgIpc) is 2.87. The monoisotopic (exact) mass is 268 g/mol. The number of aromatic nitrogens is 4. The van der Waals surface area contributed by atoms with Crippen molar-refractivity contribution >= 4 is 22.3 Å². The number of benzene rings is 1. The number of hydrogen-bond acceptors (Lipinski definition) is 5. The Hall–Kier alpha value is -2.63. The molecule has 1 aromatic carbocycles. The third kappa shape index (κ3) is 2.40. The number of anilines is 2. The molecule has 6 nitrogen and oxygen atoms in total. The minimum absolute atomic E-state index is 0.651. The van der Waals surface area contributed by atoms with Gasteiger partial charge in [-0.2, -0.15) is 5.10 Å². The second-order valence-corrected chi connectivity index (χ2v) is 4.62. The molecule has 3 rings (SSSR count). The molecule has 2 heterocycles. The van der Waals surface area contributed by atoms with E-state index < -0.39 is 0 Å². The van der Waals surface area contributed by atoms with Gasteiger partial charge in [-0.15, -0.1) is 0 Å². The maximum Gasteiger partial charge on any atom is 0.152 e. The van der Waals surface area contributed by atoms with Gasteiger partial charge in [0.2, 0.25) is 0 Å². The van der Waals surface area contributed by atoms with E-state index in [-0.39, 0.29) is 0 Å². The summed E-state index contributed by atoms with van der Waals surface area (Å²) in [5.74, 6) is 0.817. The second-order valence-electron chi connectivity index (χ2n) is 4.62. The molecule has 6 heteroatoms. The molecule has 0 aliphatic heterocycles. The van der Waals surface area contributed by atoms with Gasteiger partial charge in [0.05, 0.1) is 23.1 Å². The van der Waals surface area contributed by atoms with Crippen LogP contribution in [0, 0.1) is 0 Å². The van der Waals surface area contributed by atoms with Crippen LogP contribution in [0.15, 0.2) is 36.8 Å². The van der Waals surface area contributed by atoms with Crippen molar-refractivity contribution in [1.82, 2.24) is 19.7 Å². The number of nitrogens with one attached hydrogen (secondary N) is 1. The molecule has 20 heavy (non-hydrogen) atoms. The Morgan fingerprint density at radius 1 is 1.25 bits per heavy atom. The molecule has 2 aromatic heterocycles. The summed E-state index contributed by atoms with van der Waals surface area (Å²) in [5.41, 5.74) is 8.51. The van der Waals surface area contributed by atoms with Crippen molar-refractivity contribution in [3.63, 3.8) is 0 Å². The van der Waals surface area contributed by atoms with Gasteiger partial charge in [0.25, 0.3) is 0 Å². The van der Waals surface area contributed by atoms with Crippen LogP contribution < -0.4 is 11.1 Å². The first-order chi connectivity index (χ1) is 9.74. The molecule has 0 saturated carbocycles. The lowest BCUT2D eigenvalue weighted by Crippen LogP contribution is -2.09. The number of nitrogens with two attached hydrogens (primary N) is 1. The van der Waals surface area contributed by atoms with Gasteiger partial charge >= 0.3 is 0 Å². The summed E-state index contributed by atoms with van der Waals surface area (Å²) in [4.78, 5) is 8.52. The van der Waals surface area contributed by atoms with Crippen LogP contribution in [0.5, 0.6) is 0 Å². The molecule has 102 valence electrons. The van der Waals surface area contributed by atoms with Crippen molar-refractivity contribution < 1.29 is 0 Å². The minimum Gasteiger partial charge on any atom is -0.396 e. The van der Waals surface area contributed by atoms with E-state index in [1.807, 2.05) is 31.3 Å². The van der Waals surface area contributed by atoms with Crippen molar-refractivity contribution in [1.29, 1.82) is 0 Å². The van der Waals surface area contributed by atoms with E-state index in [2.05, 4.69) is 20.4 Å². The van der Waals surface area contributed by atoms with Crippen LogP contribution in [-0.2, 0) is 13.5 Å². The van der Waals surface area contributed by atoms with E-state index in [0.29, 0.717) is 5.69 Å². The Bertz CT molecular complexity index is 733. The van der Waals surface area contributed by atoms with Crippen LogP contribution in [0.2, 0.25) is 0 Å². The Kier molecular flexibility index (Phi) is 3.20. The summed E-state index contributed by atoms with van der Waals surface area (Å²) < 4.78 is 1.70. The Labute approximate surface area is 116 Å². The first-order valence-electron chi connectivity index (χ1n) is 6.45. The van der Waals surface area contributed by atoms with E-state index in [4.69, 9.17) is 5.73 Å². The molecule has 0 spiro atoms. The lowest BCUT2D eigenvalue weighted by Gasteiger charge is -2.11. The molecular formula is C14H16N6. The maximum atomic E-state index is 6.01. The smallest absolute Gasteiger partial charge is 0.152 e. The summed E-state index contributed by atoms with van der Waals surface area (Å²) in [6.07, 6.45) is 4.13. The largest absolute Gasteiger partial charge is 0.396 e. The summed E-state index contributed by atoms with van der Waals surface area (Å²) >= 11 is 0. The van der Waals surface area contributed by atoms with Gasteiger partial charge in [0.1, 0.15) is 6.33 Å². The fraction of sp³-hybridized carbons (Fsp3) is 0.214. The van der Waals surface area contributed by atoms with E-state index in [1.54, 1.807) is 17.2 Å². The number of nitrogen functional groups attached to an aromatic ring is 1. The number of hydrogen-bond donors (Lipinski definition) is 2. The fourth-order valence-electron chi connectivity index (χ4n) is 2.15. The van der Waals surface area contributed by atoms with Gasteiger partial charge in [0, 0.05) is 25.4 Å². The van der Waals surface area contributed by atoms with Crippen molar-refractivity contribution in [2.45, 2.75) is 6.42 Å². The SMILES string of the molecule is Cn1cnc(CCNc2c(N)cnc3ccccc23)n1. The zero-order valence-electron chi connectivity index (χ0n) is 11.2. The van der Waals surface area contributed by atoms with Crippen LogP contribution >= 0.6 is 0 Å². The molecule has 0 fully saturated rings. The Morgan fingerprint density at radius 2 is 2.10 bits per heavy atom. The number of nitrogens with zero attached hydrogens (tertiary/aromatic N) is 4. The predicted octanol–water partition coefficient (Wildman–Crippen LogP) is 1.60. The minimum atomic E-state index is 0.651. The topological polar surface area (TPSA) is 81.7 Å². The molecule has 0 aliphatic rings. The van der Waals surface area contributed by atoms with Crippen molar-refractivity contribution in [3.8, 4) is 0 Å². The van der Waals surface area contributed by atoms with Gasteiger partial charge in [-0.1, -0.05) is 18.2 Å². The first kappa shape index (κ1) is 12.4. The van der Waals surface area contributed by atoms with Gasteiger partial charge in [-0.25, -0.2) is 4.98 Å². The van der Waals surface area contributed by atoms with E-state index >= 15 is 0 Å². The first-order valence-corrected chi connectivity index (χ1v) is 6.45. The van der Waals surface area contributed by atoms with Crippen molar-refractivity contribution in [2.75, 3.05) is 17.6 Å². The summed E-state index contributed by atoms with van der Waals surface area (Å²) in [6, 6.07) is 7.93. The summed E-state index contributed by atoms with van der Waals surface area (Å²) in [7, 11) is 1.86. The molecule has 0 radical (unpaired) electrons. The van der Waals surface area contributed by atoms with Gasteiger partial charge in [-0.05, 0) is 6.07 Å². The quantitative estimate of drug-likeness (QED) is 0.751. The van der Waals surface area contributed by atoms with Gasteiger partial charge in [-0.3, -0.25) is 9.67 Å². The second kappa shape index (κ2) is 5.16. The molecule has 0 atom stereocenters. The third-order valence-electron chi connectivity index (χ3n) is 3.10. The normalized spacial score (nSPS) is 10.8. The Balaban J connectivity index is 1.78. The molecule has 0 aliphatic carbocycles. The van der Waals surface area contributed by atoms with E-state index in [9.17, 15) is 0 Å². The molecule has 0 bridgehead atoms. The van der Waals surface area contributed by atoms with Crippen molar-refractivity contribution in [3.05, 3.63) is 42.6 Å². The van der Waals surface area contributed by atoms with Crippen LogP contribution in [0.25, 0.3) is 10.9 Å². The zero-order chi connectivity index (χ0) is 13.9. The lowest BCUT2D eigenvalue weighted by atomic mass is 10.1. The van der Waals surface area contributed by atoms with Crippen LogP contribution in [0.3, 0.4) is 0 Å². The average molecular weight is 268 g/mol. The maximum absolute atomic E-state index is 6.01. The number of para-hydroxylation sites is 1. The van der Waals surface area contributed by atoms with Crippen LogP contribution in [0.1, 0.15) is 5.82 Å².